The molecule has 1 aliphatic rings. The number of carbonyl (C=O) groups is 1. The molecule has 1 aliphatic heterocycles. The molecule has 5 rings (SSSR count). The second-order valence-electron chi connectivity index (χ2n) is 9.05. The number of aromatic amines is 1. The Morgan fingerprint density at radius 3 is 2.52 bits per heavy atom. The van der Waals surface area contributed by atoms with Crippen molar-refractivity contribution in [2.45, 2.75) is 37.6 Å². The molecule has 168 valence electrons. The van der Waals surface area contributed by atoms with Crippen molar-refractivity contribution < 1.29 is 4.79 Å². The lowest BCUT2D eigenvalue weighted by Crippen LogP contribution is -2.42. The van der Waals surface area contributed by atoms with Crippen molar-refractivity contribution in [2.24, 2.45) is 5.73 Å². The molecule has 33 heavy (non-hydrogen) atoms. The van der Waals surface area contributed by atoms with Crippen LogP contribution >= 0.6 is 0 Å². The highest BCUT2D eigenvalue weighted by atomic mass is 16.2. The first kappa shape index (κ1) is 21.4. The second-order valence-corrected chi connectivity index (χ2v) is 9.05. The summed E-state index contributed by atoms with van der Waals surface area (Å²) in [5, 5.41) is 0. The first-order valence-electron chi connectivity index (χ1n) is 11.8. The summed E-state index contributed by atoms with van der Waals surface area (Å²) < 4.78 is 0. The van der Waals surface area contributed by atoms with Crippen molar-refractivity contribution in [3.63, 3.8) is 0 Å². The van der Waals surface area contributed by atoms with Gasteiger partial charge in [0.15, 0.2) is 0 Å². The molecule has 5 heteroatoms. The fraction of sp³-hybridized carbons (Fsp3) is 0.286. The van der Waals surface area contributed by atoms with Crippen LogP contribution in [0.3, 0.4) is 0 Å². The monoisotopic (exact) mass is 438 g/mol. The van der Waals surface area contributed by atoms with Gasteiger partial charge < -0.3 is 15.6 Å². The Bertz CT molecular complexity index is 1180. The van der Waals surface area contributed by atoms with Gasteiger partial charge in [-0.25, -0.2) is 4.98 Å². The number of nitrogens with two attached hydrogens (primary N) is 1. The molecule has 4 aromatic rings. The molecule has 2 atom stereocenters. The summed E-state index contributed by atoms with van der Waals surface area (Å²) >= 11 is 0. The Morgan fingerprint density at radius 1 is 1.00 bits per heavy atom. The Kier molecular flexibility index (Phi) is 6.22. The zero-order valence-electron chi connectivity index (χ0n) is 18.8. The molecular formula is C28H30N4O. The van der Waals surface area contributed by atoms with Crippen LogP contribution in [0.25, 0.3) is 22.2 Å². The van der Waals surface area contributed by atoms with Gasteiger partial charge >= 0.3 is 0 Å². The number of piperidine rings is 1. The SMILES string of the molecule is NC(CC(=O)N1CCCC(c2nc3ccccc3[nH]2)C1)Cc1ccc(-c2ccccc2)cc1. The first-order valence-corrected chi connectivity index (χ1v) is 11.8. The van der Waals surface area contributed by atoms with Crippen LogP contribution in [0.4, 0.5) is 0 Å². The highest BCUT2D eigenvalue weighted by Gasteiger charge is 2.27. The molecule has 3 aromatic carbocycles. The van der Waals surface area contributed by atoms with Crippen LogP contribution in [-0.4, -0.2) is 39.9 Å². The van der Waals surface area contributed by atoms with E-state index < -0.39 is 0 Å². The maximum Gasteiger partial charge on any atom is 0.224 e. The predicted octanol–water partition coefficient (Wildman–Crippen LogP) is 4.90. The fourth-order valence-electron chi connectivity index (χ4n) is 4.78. The maximum atomic E-state index is 13.0. The quantitative estimate of drug-likeness (QED) is 0.450. The minimum Gasteiger partial charge on any atom is -0.342 e. The minimum atomic E-state index is -0.188. The van der Waals surface area contributed by atoms with E-state index in [1.807, 2.05) is 47.4 Å². The van der Waals surface area contributed by atoms with Crippen LogP contribution in [0, 0.1) is 0 Å². The van der Waals surface area contributed by atoms with Crippen molar-refractivity contribution in [2.75, 3.05) is 13.1 Å². The van der Waals surface area contributed by atoms with Gasteiger partial charge in [-0.1, -0.05) is 66.7 Å². The van der Waals surface area contributed by atoms with E-state index in [2.05, 4.69) is 41.4 Å². The largest absolute Gasteiger partial charge is 0.342 e. The number of amides is 1. The number of benzene rings is 3. The number of nitrogens with one attached hydrogen (secondary N) is 1. The number of para-hydroxylation sites is 2. The van der Waals surface area contributed by atoms with Crippen LogP contribution in [0.15, 0.2) is 78.9 Å². The minimum absolute atomic E-state index is 0.143. The topological polar surface area (TPSA) is 75.0 Å². The lowest BCUT2D eigenvalue weighted by Gasteiger charge is -2.32. The van der Waals surface area contributed by atoms with E-state index in [1.165, 1.54) is 11.1 Å². The predicted molar refractivity (Wildman–Crippen MR) is 133 cm³/mol. The molecule has 0 saturated carbocycles. The van der Waals surface area contributed by atoms with E-state index in [1.54, 1.807) is 0 Å². The van der Waals surface area contributed by atoms with Gasteiger partial charge in [-0.3, -0.25) is 4.79 Å². The number of carbonyl (C=O) groups excluding carboxylic acids is 1. The van der Waals surface area contributed by atoms with Crippen LogP contribution in [0.1, 0.15) is 36.6 Å². The molecule has 3 N–H and O–H groups in total. The number of likely N-dealkylation sites (tertiary alicyclic amines) is 1. The summed E-state index contributed by atoms with van der Waals surface area (Å²) in [6.45, 7) is 1.51. The number of fused-ring (bicyclic) bond motifs is 1. The van der Waals surface area contributed by atoms with Crippen LogP contribution in [0.5, 0.6) is 0 Å². The molecule has 1 saturated heterocycles. The number of nitrogens with zero attached hydrogens (tertiary/aromatic N) is 2. The van der Waals surface area contributed by atoms with E-state index in [0.717, 1.165) is 41.8 Å². The smallest absolute Gasteiger partial charge is 0.224 e. The molecule has 0 spiro atoms. The highest BCUT2D eigenvalue weighted by molar-refractivity contribution is 5.77. The van der Waals surface area contributed by atoms with Gasteiger partial charge in [0.25, 0.3) is 0 Å². The summed E-state index contributed by atoms with van der Waals surface area (Å²) in [4.78, 5) is 23.2. The standard InChI is InChI=1S/C28H30N4O/c29-24(17-20-12-14-22(15-13-20)21-7-2-1-3-8-21)18-27(33)32-16-6-9-23(19-32)28-30-25-10-4-5-11-26(25)31-28/h1-5,7-8,10-15,23-24H,6,9,16-19,29H2,(H,30,31). The molecule has 5 nitrogen and oxygen atoms in total. The Labute approximate surface area is 194 Å². The third-order valence-corrected chi connectivity index (χ3v) is 6.56. The second kappa shape index (κ2) is 9.59. The summed E-state index contributed by atoms with van der Waals surface area (Å²) in [6.07, 6.45) is 3.10. The number of H-pyrrole nitrogens is 1. The molecule has 1 aromatic heterocycles. The lowest BCUT2D eigenvalue weighted by atomic mass is 9.96. The number of imidazole rings is 1. The van der Waals surface area contributed by atoms with Crippen molar-refractivity contribution in [1.82, 2.24) is 14.9 Å². The van der Waals surface area contributed by atoms with Gasteiger partial charge in [-0.05, 0) is 48.1 Å². The van der Waals surface area contributed by atoms with Crippen molar-refractivity contribution in [3.05, 3.63) is 90.3 Å². The van der Waals surface area contributed by atoms with Gasteiger partial charge in [0, 0.05) is 31.5 Å². The first-order chi connectivity index (χ1) is 16.2. The zero-order valence-corrected chi connectivity index (χ0v) is 18.8. The van der Waals surface area contributed by atoms with E-state index in [9.17, 15) is 4.79 Å². The van der Waals surface area contributed by atoms with Crippen molar-refractivity contribution in [1.29, 1.82) is 0 Å². The molecule has 2 heterocycles. The lowest BCUT2D eigenvalue weighted by molar-refractivity contribution is -0.132. The molecule has 0 bridgehead atoms. The van der Waals surface area contributed by atoms with Gasteiger partial charge in [-0.15, -0.1) is 0 Å². The summed E-state index contributed by atoms with van der Waals surface area (Å²) in [6, 6.07) is 26.7. The molecular weight excluding hydrogens is 408 g/mol. The Morgan fingerprint density at radius 2 is 1.73 bits per heavy atom. The summed E-state index contributed by atoms with van der Waals surface area (Å²) in [7, 11) is 0. The van der Waals surface area contributed by atoms with Crippen LogP contribution < -0.4 is 5.73 Å². The third-order valence-electron chi connectivity index (χ3n) is 6.56. The van der Waals surface area contributed by atoms with Crippen molar-refractivity contribution in [3.8, 4) is 11.1 Å². The Hall–Kier alpha value is -3.44. The van der Waals surface area contributed by atoms with Gasteiger partial charge in [-0.2, -0.15) is 0 Å². The van der Waals surface area contributed by atoms with Gasteiger partial charge in [0.2, 0.25) is 5.91 Å². The number of rotatable bonds is 6. The van der Waals surface area contributed by atoms with E-state index in [-0.39, 0.29) is 17.9 Å². The summed E-state index contributed by atoms with van der Waals surface area (Å²) in [5.74, 6) is 1.37. The normalized spacial score (nSPS) is 17.2. The number of hydrogen-bond acceptors (Lipinski definition) is 3. The molecule has 0 aliphatic carbocycles. The fourth-order valence-corrected chi connectivity index (χ4v) is 4.78. The number of aromatic nitrogens is 2. The average molecular weight is 439 g/mol. The number of hydrogen-bond donors (Lipinski definition) is 2. The highest BCUT2D eigenvalue weighted by Crippen LogP contribution is 2.27. The molecule has 1 fully saturated rings. The molecule has 2 unspecified atom stereocenters. The molecule has 0 radical (unpaired) electrons. The van der Waals surface area contributed by atoms with Crippen LogP contribution in [0.2, 0.25) is 0 Å². The van der Waals surface area contributed by atoms with E-state index >= 15 is 0 Å². The third kappa shape index (κ3) is 4.99. The molecule has 1 amide bonds. The Balaban J connectivity index is 1.17. The van der Waals surface area contributed by atoms with E-state index in [4.69, 9.17) is 10.7 Å². The zero-order chi connectivity index (χ0) is 22.6. The van der Waals surface area contributed by atoms with E-state index in [0.29, 0.717) is 19.4 Å². The van der Waals surface area contributed by atoms with Crippen LogP contribution in [-0.2, 0) is 11.2 Å². The summed E-state index contributed by atoms with van der Waals surface area (Å²) in [5.41, 5.74) is 12.0. The van der Waals surface area contributed by atoms with Gasteiger partial charge in [0.05, 0.1) is 11.0 Å². The van der Waals surface area contributed by atoms with Gasteiger partial charge in [0.1, 0.15) is 5.82 Å². The average Bonchev–Trinajstić information content (AvgIpc) is 3.30. The van der Waals surface area contributed by atoms with Crippen molar-refractivity contribution >= 4 is 16.9 Å². The maximum absolute atomic E-state index is 13.0.